The summed E-state index contributed by atoms with van der Waals surface area (Å²) in [6.07, 6.45) is 1.89. The maximum atomic E-state index is 9.60. The molecule has 0 amide bonds. The zero-order valence-electron chi connectivity index (χ0n) is 7.82. The zero-order valence-corrected chi connectivity index (χ0v) is 7.82. The molecule has 0 radical (unpaired) electrons. The van der Waals surface area contributed by atoms with Gasteiger partial charge in [-0.15, -0.1) is 0 Å². The lowest BCUT2D eigenvalue weighted by molar-refractivity contribution is -0.0628. The van der Waals surface area contributed by atoms with Crippen LogP contribution in [-0.2, 0) is 9.47 Å². The van der Waals surface area contributed by atoms with Crippen LogP contribution >= 0.6 is 0 Å². The van der Waals surface area contributed by atoms with E-state index in [0.717, 1.165) is 0 Å². The van der Waals surface area contributed by atoms with E-state index in [2.05, 4.69) is 0 Å². The van der Waals surface area contributed by atoms with Crippen LogP contribution in [0.3, 0.4) is 0 Å². The second kappa shape index (κ2) is 4.80. The van der Waals surface area contributed by atoms with Gasteiger partial charge in [-0.05, 0) is 25.7 Å². The van der Waals surface area contributed by atoms with Crippen molar-refractivity contribution < 1.29 is 14.6 Å². The molecular formula is C9H18O3. The first-order valence-electron chi connectivity index (χ1n) is 4.58. The van der Waals surface area contributed by atoms with E-state index in [1.807, 2.05) is 6.92 Å². The Kier molecular flexibility index (Phi) is 3.98. The molecule has 3 nitrogen and oxygen atoms in total. The highest BCUT2D eigenvalue weighted by atomic mass is 16.5. The first-order valence-corrected chi connectivity index (χ1v) is 4.58. The second-order valence-corrected chi connectivity index (χ2v) is 3.26. The first kappa shape index (κ1) is 9.96. The van der Waals surface area contributed by atoms with Gasteiger partial charge >= 0.3 is 0 Å². The van der Waals surface area contributed by atoms with E-state index in [1.54, 1.807) is 7.11 Å². The molecule has 0 aromatic heterocycles. The number of methoxy groups -OCH3 is 1. The lowest BCUT2D eigenvalue weighted by Crippen LogP contribution is -2.33. The Morgan fingerprint density at radius 2 is 2.17 bits per heavy atom. The second-order valence-electron chi connectivity index (χ2n) is 3.26. The van der Waals surface area contributed by atoms with Crippen molar-refractivity contribution in [2.24, 2.45) is 5.92 Å². The topological polar surface area (TPSA) is 38.7 Å². The molecule has 1 saturated carbocycles. The molecule has 72 valence electrons. The Labute approximate surface area is 73.7 Å². The van der Waals surface area contributed by atoms with Gasteiger partial charge in [0.25, 0.3) is 0 Å². The van der Waals surface area contributed by atoms with Crippen LogP contribution in [0.1, 0.15) is 19.8 Å². The molecule has 2 atom stereocenters. The van der Waals surface area contributed by atoms with Crippen LogP contribution in [0.4, 0.5) is 0 Å². The van der Waals surface area contributed by atoms with Crippen LogP contribution in [0.15, 0.2) is 0 Å². The van der Waals surface area contributed by atoms with E-state index in [1.165, 1.54) is 12.8 Å². The normalized spacial score (nSPS) is 22.2. The van der Waals surface area contributed by atoms with E-state index >= 15 is 0 Å². The van der Waals surface area contributed by atoms with Crippen molar-refractivity contribution in [3.05, 3.63) is 0 Å². The summed E-state index contributed by atoms with van der Waals surface area (Å²) in [5.41, 5.74) is 0. The van der Waals surface area contributed by atoms with E-state index in [0.29, 0.717) is 19.1 Å². The van der Waals surface area contributed by atoms with Gasteiger partial charge in [-0.25, -0.2) is 0 Å². The standard InChI is InChI=1S/C9H18O3/c1-3-12-6-8(10)9(11-2)7-4-5-7/h7-10H,3-6H2,1-2H3. The van der Waals surface area contributed by atoms with Crippen LogP contribution in [0.5, 0.6) is 0 Å². The van der Waals surface area contributed by atoms with Crippen LogP contribution < -0.4 is 0 Å². The van der Waals surface area contributed by atoms with Crippen molar-refractivity contribution in [2.45, 2.75) is 32.0 Å². The molecule has 3 heteroatoms. The van der Waals surface area contributed by atoms with Gasteiger partial charge in [-0.2, -0.15) is 0 Å². The van der Waals surface area contributed by atoms with E-state index in [9.17, 15) is 5.11 Å². The summed E-state index contributed by atoms with van der Waals surface area (Å²) in [5, 5.41) is 9.60. The fourth-order valence-corrected chi connectivity index (χ4v) is 1.42. The minimum absolute atomic E-state index is 0.0171. The average molecular weight is 174 g/mol. The molecule has 0 saturated heterocycles. The highest BCUT2D eigenvalue weighted by Gasteiger charge is 2.35. The Morgan fingerprint density at radius 1 is 1.50 bits per heavy atom. The monoisotopic (exact) mass is 174 g/mol. The first-order chi connectivity index (χ1) is 5.79. The van der Waals surface area contributed by atoms with Crippen molar-refractivity contribution in [1.29, 1.82) is 0 Å². The fraction of sp³-hybridized carbons (Fsp3) is 1.00. The molecule has 12 heavy (non-hydrogen) atoms. The predicted molar refractivity (Wildman–Crippen MR) is 46.0 cm³/mol. The molecule has 1 fully saturated rings. The van der Waals surface area contributed by atoms with Gasteiger partial charge in [0.15, 0.2) is 0 Å². The molecule has 2 unspecified atom stereocenters. The van der Waals surface area contributed by atoms with Crippen molar-refractivity contribution in [3.63, 3.8) is 0 Å². The van der Waals surface area contributed by atoms with Gasteiger partial charge in [0.2, 0.25) is 0 Å². The van der Waals surface area contributed by atoms with Gasteiger partial charge in [0.05, 0.1) is 12.7 Å². The predicted octanol–water partition coefficient (Wildman–Crippen LogP) is 0.809. The largest absolute Gasteiger partial charge is 0.388 e. The molecule has 0 aromatic carbocycles. The Hall–Kier alpha value is -0.120. The van der Waals surface area contributed by atoms with Crippen molar-refractivity contribution in [1.82, 2.24) is 0 Å². The summed E-state index contributed by atoms with van der Waals surface area (Å²) in [4.78, 5) is 0. The number of rotatable bonds is 6. The molecule has 1 aliphatic carbocycles. The third kappa shape index (κ3) is 2.73. The number of hydrogen-bond acceptors (Lipinski definition) is 3. The summed E-state index contributed by atoms with van der Waals surface area (Å²) in [5.74, 6) is 0.561. The van der Waals surface area contributed by atoms with Gasteiger partial charge in [-0.3, -0.25) is 0 Å². The number of ether oxygens (including phenoxy) is 2. The Morgan fingerprint density at radius 3 is 2.58 bits per heavy atom. The molecule has 1 N–H and O–H groups in total. The smallest absolute Gasteiger partial charge is 0.104 e. The molecule has 0 aromatic rings. The molecular weight excluding hydrogens is 156 g/mol. The lowest BCUT2D eigenvalue weighted by Gasteiger charge is -2.20. The molecule has 0 spiro atoms. The summed E-state index contributed by atoms with van der Waals surface area (Å²) in [6.45, 7) is 2.97. The van der Waals surface area contributed by atoms with Crippen molar-refractivity contribution in [3.8, 4) is 0 Å². The quantitative estimate of drug-likeness (QED) is 0.647. The van der Waals surface area contributed by atoms with Gasteiger partial charge in [0, 0.05) is 13.7 Å². The SMILES string of the molecule is CCOCC(O)C(OC)C1CC1. The molecule has 0 bridgehead atoms. The van der Waals surface area contributed by atoms with Gasteiger partial charge in [-0.1, -0.05) is 0 Å². The number of hydrogen-bond donors (Lipinski definition) is 1. The third-order valence-electron chi connectivity index (χ3n) is 2.23. The van der Waals surface area contributed by atoms with E-state index < -0.39 is 6.10 Å². The third-order valence-corrected chi connectivity index (χ3v) is 2.23. The Balaban J connectivity index is 2.21. The fourth-order valence-electron chi connectivity index (χ4n) is 1.42. The van der Waals surface area contributed by atoms with E-state index in [4.69, 9.17) is 9.47 Å². The van der Waals surface area contributed by atoms with Crippen LogP contribution in [0, 0.1) is 5.92 Å². The van der Waals surface area contributed by atoms with Crippen molar-refractivity contribution >= 4 is 0 Å². The highest BCUT2D eigenvalue weighted by molar-refractivity contribution is 4.86. The highest BCUT2D eigenvalue weighted by Crippen LogP contribution is 2.35. The summed E-state index contributed by atoms with van der Waals surface area (Å²) in [6, 6.07) is 0. The minimum atomic E-state index is -0.456. The average Bonchev–Trinajstić information content (AvgIpc) is 2.86. The van der Waals surface area contributed by atoms with Crippen LogP contribution in [-0.4, -0.2) is 37.6 Å². The molecule has 1 rings (SSSR count). The van der Waals surface area contributed by atoms with Crippen LogP contribution in [0.2, 0.25) is 0 Å². The maximum absolute atomic E-state index is 9.60. The zero-order chi connectivity index (χ0) is 8.97. The van der Waals surface area contributed by atoms with E-state index in [-0.39, 0.29) is 6.10 Å². The van der Waals surface area contributed by atoms with Crippen LogP contribution in [0.25, 0.3) is 0 Å². The summed E-state index contributed by atoms with van der Waals surface area (Å²) in [7, 11) is 1.65. The summed E-state index contributed by atoms with van der Waals surface area (Å²) < 4.78 is 10.3. The van der Waals surface area contributed by atoms with Crippen molar-refractivity contribution in [2.75, 3.05) is 20.3 Å². The number of aliphatic hydroxyl groups excluding tert-OH is 1. The minimum Gasteiger partial charge on any atom is -0.388 e. The maximum Gasteiger partial charge on any atom is 0.104 e. The molecule has 0 aliphatic heterocycles. The lowest BCUT2D eigenvalue weighted by atomic mass is 10.1. The van der Waals surface area contributed by atoms with Gasteiger partial charge < -0.3 is 14.6 Å². The van der Waals surface area contributed by atoms with Gasteiger partial charge in [0.1, 0.15) is 6.10 Å². The number of aliphatic hydroxyl groups is 1. The molecule has 0 heterocycles. The summed E-state index contributed by atoms with van der Waals surface area (Å²) >= 11 is 0. The molecule has 1 aliphatic rings. The Bertz CT molecular complexity index is 123.